The third-order valence-electron chi connectivity index (χ3n) is 3.03. The first-order valence-corrected chi connectivity index (χ1v) is 5.17. The fourth-order valence-corrected chi connectivity index (χ4v) is 1.77. The van der Waals surface area contributed by atoms with Crippen LogP contribution in [0.4, 0.5) is 4.79 Å². The van der Waals surface area contributed by atoms with Crippen LogP contribution in [-0.2, 0) is 9.53 Å². The number of carbonyl (C=O) groups is 2. The van der Waals surface area contributed by atoms with Crippen LogP contribution in [0.1, 0.15) is 20.3 Å². The van der Waals surface area contributed by atoms with Crippen LogP contribution in [0, 0.1) is 5.92 Å². The van der Waals surface area contributed by atoms with Crippen molar-refractivity contribution >= 4 is 12.0 Å². The minimum Gasteiger partial charge on any atom is -0.453 e. The van der Waals surface area contributed by atoms with Crippen LogP contribution in [0.3, 0.4) is 0 Å². The summed E-state index contributed by atoms with van der Waals surface area (Å²) in [4.78, 5) is 24.3. The monoisotopic (exact) mass is 214 g/mol. The van der Waals surface area contributed by atoms with Gasteiger partial charge in [-0.3, -0.25) is 4.79 Å². The first kappa shape index (κ1) is 11.8. The molecule has 0 spiro atoms. The lowest BCUT2D eigenvalue weighted by Crippen LogP contribution is -2.42. The Hall–Kier alpha value is -1.26. The maximum absolute atomic E-state index is 11.7. The largest absolute Gasteiger partial charge is 0.453 e. The van der Waals surface area contributed by atoms with E-state index in [1.165, 1.54) is 7.11 Å². The number of methoxy groups -OCH3 is 1. The normalized spacial score (nSPS) is 25.1. The lowest BCUT2D eigenvalue weighted by atomic mass is 10.1. The van der Waals surface area contributed by atoms with E-state index in [0.717, 1.165) is 13.0 Å². The number of hydrogen-bond donors (Lipinski definition) is 1. The van der Waals surface area contributed by atoms with Gasteiger partial charge in [-0.05, 0) is 19.3 Å². The van der Waals surface area contributed by atoms with Crippen molar-refractivity contribution in [1.29, 1.82) is 0 Å². The minimum absolute atomic E-state index is 0.0176. The van der Waals surface area contributed by atoms with Gasteiger partial charge in [0, 0.05) is 12.6 Å². The zero-order chi connectivity index (χ0) is 11.4. The summed E-state index contributed by atoms with van der Waals surface area (Å²) in [7, 11) is 1.28. The zero-order valence-corrected chi connectivity index (χ0v) is 9.45. The highest BCUT2D eigenvalue weighted by atomic mass is 16.5. The van der Waals surface area contributed by atoms with Gasteiger partial charge in [0.05, 0.1) is 7.11 Å². The molecule has 0 bridgehead atoms. The van der Waals surface area contributed by atoms with E-state index in [0.29, 0.717) is 5.92 Å². The second-order valence-electron chi connectivity index (χ2n) is 3.94. The summed E-state index contributed by atoms with van der Waals surface area (Å²) in [5, 5.41) is 2.39. The molecular weight excluding hydrogens is 196 g/mol. The molecular formula is C10H18N2O3. The van der Waals surface area contributed by atoms with Gasteiger partial charge in [-0.15, -0.1) is 0 Å². The van der Waals surface area contributed by atoms with Gasteiger partial charge < -0.3 is 15.0 Å². The molecule has 1 aliphatic rings. The third-order valence-corrected chi connectivity index (χ3v) is 3.03. The van der Waals surface area contributed by atoms with Crippen molar-refractivity contribution in [3.8, 4) is 0 Å². The number of nitrogens with zero attached hydrogens (tertiary/aromatic N) is 1. The fraction of sp³-hybridized carbons (Fsp3) is 0.800. The van der Waals surface area contributed by atoms with Crippen molar-refractivity contribution in [3.05, 3.63) is 0 Å². The van der Waals surface area contributed by atoms with Gasteiger partial charge >= 0.3 is 6.09 Å². The summed E-state index contributed by atoms with van der Waals surface area (Å²) in [5.74, 6) is 0.490. The van der Waals surface area contributed by atoms with E-state index >= 15 is 0 Å². The molecule has 5 heteroatoms. The van der Waals surface area contributed by atoms with Gasteiger partial charge in [0.1, 0.15) is 6.54 Å². The maximum Gasteiger partial charge on any atom is 0.407 e. The molecule has 1 N–H and O–H groups in total. The Kier molecular flexibility index (Phi) is 3.94. The average molecular weight is 214 g/mol. The summed E-state index contributed by atoms with van der Waals surface area (Å²) in [6.07, 6.45) is 0.466. The average Bonchev–Trinajstić information content (AvgIpc) is 2.56. The Morgan fingerprint density at radius 2 is 2.13 bits per heavy atom. The smallest absolute Gasteiger partial charge is 0.407 e. The molecule has 0 aromatic carbocycles. The van der Waals surface area contributed by atoms with Gasteiger partial charge in [-0.1, -0.05) is 6.92 Å². The highest BCUT2D eigenvalue weighted by molar-refractivity contribution is 5.82. The number of ether oxygens (including phenoxy) is 1. The van der Waals surface area contributed by atoms with Crippen molar-refractivity contribution < 1.29 is 14.3 Å². The summed E-state index contributed by atoms with van der Waals surface area (Å²) in [5.41, 5.74) is 0. The number of likely N-dealkylation sites (tertiary alicyclic amines) is 1. The van der Waals surface area contributed by atoms with Gasteiger partial charge in [-0.2, -0.15) is 0 Å². The van der Waals surface area contributed by atoms with Gasteiger partial charge in [0.15, 0.2) is 0 Å². The molecule has 5 nitrogen and oxygen atoms in total. The second-order valence-corrected chi connectivity index (χ2v) is 3.94. The van der Waals surface area contributed by atoms with E-state index in [-0.39, 0.29) is 18.5 Å². The van der Waals surface area contributed by atoms with Crippen molar-refractivity contribution in [2.75, 3.05) is 20.2 Å². The molecule has 15 heavy (non-hydrogen) atoms. The molecule has 1 unspecified atom stereocenters. The number of nitrogens with one attached hydrogen (secondary N) is 1. The maximum atomic E-state index is 11.7. The van der Waals surface area contributed by atoms with Gasteiger partial charge in [-0.25, -0.2) is 4.79 Å². The van der Waals surface area contributed by atoms with E-state index < -0.39 is 6.09 Å². The van der Waals surface area contributed by atoms with Crippen LogP contribution >= 0.6 is 0 Å². The predicted molar refractivity (Wildman–Crippen MR) is 55.4 cm³/mol. The van der Waals surface area contributed by atoms with Crippen molar-refractivity contribution in [3.63, 3.8) is 0 Å². The molecule has 1 rings (SSSR count). The molecule has 0 aromatic rings. The van der Waals surface area contributed by atoms with Crippen molar-refractivity contribution in [2.45, 2.75) is 26.3 Å². The molecule has 2 atom stereocenters. The Balaban J connectivity index is 2.38. The number of carbonyl (C=O) groups excluding carboxylic acids is 2. The summed E-state index contributed by atoms with van der Waals surface area (Å²) in [6, 6.07) is 0.261. The van der Waals surface area contributed by atoms with Crippen LogP contribution in [0.25, 0.3) is 0 Å². The summed E-state index contributed by atoms with van der Waals surface area (Å²) < 4.78 is 4.39. The molecule has 1 heterocycles. The molecule has 1 saturated heterocycles. The van der Waals surface area contributed by atoms with Crippen LogP contribution < -0.4 is 5.32 Å². The van der Waals surface area contributed by atoms with Gasteiger partial charge in [0.25, 0.3) is 0 Å². The van der Waals surface area contributed by atoms with Crippen LogP contribution in [0.5, 0.6) is 0 Å². The van der Waals surface area contributed by atoms with E-state index in [2.05, 4.69) is 17.0 Å². The Morgan fingerprint density at radius 3 is 2.60 bits per heavy atom. The van der Waals surface area contributed by atoms with Crippen molar-refractivity contribution in [1.82, 2.24) is 10.2 Å². The lowest BCUT2D eigenvalue weighted by Gasteiger charge is -2.23. The lowest BCUT2D eigenvalue weighted by molar-refractivity contribution is -0.130. The van der Waals surface area contributed by atoms with E-state index in [9.17, 15) is 9.59 Å². The summed E-state index contributed by atoms with van der Waals surface area (Å²) in [6.45, 7) is 4.97. The predicted octanol–water partition coefficient (Wildman–Crippen LogP) is 0.599. The Bertz CT molecular complexity index is 255. The molecule has 0 aliphatic carbocycles. The Labute approximate surface area is 89.8 Å². The van der Waals surface area contributed by atoms with E-state index in [1.807, 2.05) is 6.92 Å². The molecule has 86 valence electrons. The number of alkyl carbamates (subject to hydrolysis) is 1. The van der Waals surface area contributed by atoms with E-state index in [1.54, 1.807) is 4.90 Å². The van der Waals surface area contributed by atoms with Gasteiger partial charge in [0.2, 0.25) is 5.91 Å². The van der Waals surface area contributed by atoms with E-state index in [4.69, 9.17) is 0 Å². The zero-order valence-electron chi connectivity index (χ0n) is 9.45. The van der Waals surface area contributed by atoms with Crippen molar-refractivity contribution in [2.24, 2.45) is 5.92 Å². The molecule has 2 amide bonds. The fourth-order valence-electron chi connectivity index (χ4n) is 1.77. The second kappa shape index (κ2) is 5.00. The standard InChI is InChI=1S/C10H18N2O3/c1-7-4-5-12(8(7)2)9(13)6-11-10(14)15-3/h7-8H,4-6H2,1-3H3,(H,11,14)/t7-,8?/m1/s1. The Morgan fingerprint density at radius 1 is 1.47 bits per heavy atom. The highest BCUT2D eigenvalue weighted by Crippen LogP contribution is 2.22. The summed E-state index contributed by atoms with van der Waals surface area (Å²) >= 11 is 0. The number of amides is 2. The molecule has 1 fully saturated rings. The van der Waals surface area contributed by atoms with Crippen LogP contribution in [-0.4, -0.2) is 43.1 Å². The SMILES string of the molecule is COC(=O)NCC(=O)N1CC[C@@H](C)C1C. The number of hydrogen-bond acceptors (Lipinski definition) is 3. The third kappa shape index (κ3) is 2.84. The van der Waals surface area contributed by atoms with Crippen LogP contribution in [0.2, 0.25) is 0 Å². The number of rotatable bonds is 2. The molecule has 0 aromatic heterocycles. The molecule has 0 saturated carbocycles. The topological polar surface area (TPSA) is 58.6 Å². The molecule has 0 radical (unpaired) electrons. The quantitative estimate of drug-likeness (QED) is 0.732. The molecule has 1 aliphatic heterocycles. The highest BCUT2D eigenvalue weighted by Gasteiger charge is 2.30. The minimum atomic E-state index is -0.566. The first-order chi connectivity index (χ1) is 7.06. The van der Waals surface area contributed by atoms with Crippen LogP contribution in [0.15, 0.2) is 0 Å². The first-order valence-electron chi connectivity index (χ1n) is 5.17.